The minimum Gasteiger partial charge on any atom is -0.369 e. The van der Waals surface area contributed by atoms with Crippen LogP contribution in [0.3, 0.4) is 0 Å². The van der Waals surface area contributed by atoms with Crippen LogP contribution in [0.1, 0.15) is 37.4 Å². The van der Waals surface area contributed by atoms with E-state index in [0.717, 1.165) is 34.6 Å². The number of rotatable bonds is 7. The molecule has 0 amide bonds. The fourth-order valence-electron chi connectivity index (χ4n) is 3.17. The van der Waals surface area contributed by atoms with Gasteiger partial charge in [-0.05, 0) is 43.5 Å². The Balaban J connectivity index is 1.81. The Bertz CT molecular complexity index is 1010. The van der Waals surface area contributed by atoms with Crippen molar-refractivity contribution < 1.29 is 0 Å². The van der Waals surface area contributed by atoms with Gasteiger partial charge in [-0.2, -0.15) is 4.99 Å². The molecular formula is C24H30N6. The molecule has 0 aliphatic carbocycles. The summed E-state index contributed by atoms with van der Waals surface area (Å²) in [6, 6.07) is 14.7. The maximum Gasteiger partial charge on any atom is 0.253 e. The van der Waals surface area contributed by atoms with E-state index < -0.39 is 0 Å². The van der Waals surface area contributed by atoms with Crippen LogP contribution in [-0.4, -0.2) is 39.9 Å². The molecule has 3 aromatic rings. The molecule has 156 valence electrons. The highest BCUT2D eigenvalue weighted by Crippen LogP contribution is 2.26. The van der Waals surface area contributed by atoms with Crippen LogP contribution in [0.4, 0.5) is 5.95 Å². The van der Waals surface area contributed by atoms with Crippen molar-refractivity contribution in [3.63, 3.8) is 0 Å². The van der Waals surface area contributed by atoms with Gasteiger partial charge in [0.2, 0.25) is 0 Å². The number of nitrogens with two attached hydrogens (primary N) is 1. The number of aromatic nitrogens is 3. The molecule has 3 rings (SSSR count). The number of aliphatic imine (C=N–C) groups is 1. The summed E-state index contributed by atoms with van der Waals surface area (Å²) in [5.41, 5.74) is 12.0. The van der Waals surface area contributed by atoms with Gasteiger partial charge in [0.05, 0.1) is 11.4 Å². The van der Waals surface area contributed by atoms with Crippen LogP contribution in [0, 0.1) is 6.92 Å². The summed E-state index contributed by atoms with van der Waals surface area (Å²) in [5.74, 6) is 0.691. The average molecular weight is 403 g/mol. The first-order valence-corrected chi connectivity index (χ1v) is 10.4. The van der Waals surface area contributed by atoms with Crippen LogP contribution in [-0.2, 0) is 6.42 Å². The van der Waals surface area contributed by atoms with Crippen molar-refractivity contribution in [2.45, 2.75) is 39.5 Å². The molecule has 0 spiro atoms. The first kappa shape index (κ1) is 21.4. The largest absolute Gasteiger partial charge is 0.369 e. The van der Waals surface area contributed by atoms with Crippen molar-refractivity contribution in [3.8, 4) is 22.5 Å². The number of guanidine groups is 1. The molecule has 6 heteroatoms. The highest BCUT2D eigenvalue weighted by molar-refractivity contribution is 5.79. The predicted molar refractivity (Wildman–Crippen MR) is 124 cm³/mol. The maximum absolute atomic E-state index is 5.88. The van der Waals surface area contributed by atoms with Crippen molar-refractivity contribution in [1.29, 1.82) is 0 Å². The molecule has 1 aromatic carbocycles. The van der Waals surface area contributed by atoms with E-state index in [0.29, 0.717) is 11.9 Å². The fourth-order valence-corrected chi connectivity index (χ4v) is 3.17. The van der Waals surface area contributed by atoms with Crippen LogP contribution in [0.25, 0.3) is 22.5 Å². The molecule has 0 fully saturated rings. The average Bonchev–Trinajstić information content (AvgIpc) is 2.74. The van der Waals surface area contributed by atoms with Gasteiger partial charge in [-0.15, -0.1) is 0 Å². The molecule has 0 aliphatic heterocycles. The molecule has 0 aliphatic rings. The number of hydrogen-bond acceptors (Lipinski definition) is 4. The number of benzene rings is 1. The number of aryl methyl sites for hydroxylation is 2. The maximum atomic E-state index is 5.88. The van der Waals surface area contributed by atoms with Gasteiger partial charge in [0, 0.05) is 37.1 Å². The van der Waals surface area contributed by atoms with E-state index in [1.165, 1.54) is 24.8 Å². The second-order valence-corrected chi connectivity index (χ2v) is 7.59. The number of hydrogen-bond donors (Lipinski definition) is 1. The van der Waals surface area contributed by atoms with E-state index in [9.17, 15) is 0 Å². The van der Waals surface area contributed by atoms with Gasteiger partial charge in [-0.1, -0.05) is 44.0 Å². The molecule has 0 saturated heterocycles. The van der Waals surface area contributed by atoms with E-state index in [1.807, 2.05) is 33.2 Å². The van der Waals surface area contributed by atoms with Gasteiger partial charge in [-0.25, -0.2) is 9.97 Å². The zero-order chi connectivity index (χ0) is 21.5. The summed E-state index contributed by atoms with van der Waals surface area (Å²) in [6.07, 6.45) is 6.59. The van der Waals surface area contributed by atoms with E-state index in [-0.39, 0.29) is 0 Å². The zero-order valence-corrected chi connectivity index (χ0v) is 18.3. The Kier molecular flexibility index (Phi) is 7.12. The van der Waals surface area contributed by atoms with Crippen LogP contribution in [0.2, 0.25) is 0 Å². The van der Waals surface area contributed by atoms with E-state index in [4.69, 9.17) is 10.7 Å². The molecule has 6 nitrogen and oxygen atoms in total. The van der Waals surface area contributed by atoms with Crippen LogP contribution < -0.4 is 5.73 Å². The Morgan fingerprint density at radius 3 is 2.40 bits per heavy atom. The summed E-state index contributed by atoms with van der Waals surface area (Å²) in [4.78, 5) is 19.5. The van der Waals surface area contributed by atoms with Gasteiger partial charge in [0.15, 0.2) is 5.96 Å². The van der Waals surface area contributed by atoms with Crippen LogP contribution >= 0.6 is 0 Å². The minimum atomic E-state index is 0.334. The van der Waals surface area contributed by atoms with Crippen LogP contribution in [0.15, 0.2) is 53.7 Å². The Morgan fingerprint density at radius 1 is 0.967 bits per heavy atom. The summed E-state index contributed by atoms with van der Waals surface area (Å²) < 4.78 is 0. The van der Waals surface area contributed by atoms with Crippen molar-refractivity contribution in [1.82, 2.24) is 19.9 Å². The third kappa shape index (κ3) is 5.41. The molecule has 2 N–H and O–H groups in total. The molecule has 0 atom stereocenters. The monoisotopic (exact) mass is 402 g/mol. The van der Waals surface area contributed by atoms with E-state index in [2.05, 4.69) is 52.2 Å². The lowest BCUT2D eigenvalue weighted by Gasteiger charge is -2.10. The molecule has 2 aromatic heterocycles. The normalized spacial score (nSPS) is 11.5. The molecule has 2 heterocycles. The van der Waals surface area contributed by atoms with Crippen molar-refractivity contribution in [2.24, 2.45) is 10.7 Å². The third-order valence-electron chi connectivity index (χ3n) is 5.00. The summed E-state index contributed by atoms with van der Waals surface area (Å²) in [6.45, 7) is 4.23. The van der Waals surface area contributed by atoms with Crippen LogP contribution in [0.5, 0.6) is 0 Å². The number of pyridine rings is 1. The van der Waals surface area contributed by atoms with Crippen molar-refractivity contribution in [2.75, 3.05) is 14.1 Å². The van der Waals surface area contributed by atoms with Crippen molar-refractivity contribution >= 4 is 11.9 Å². The number of unbranched alkanes of at least 4 members (excludes halogenated alkanes) is 2. The smallest absolute Gasteiger partial charge is 0.253 e. The van der Waals surface area contributed by atoms with Gasteiger partial charge in [0.1, 0.15) is 0 Å². The van der Waals surface area contributed by atoms with Crippen molar-refractivity contribution in [3.05, 3.63) is 59.9 Å². The molecule has 0 saturated carbocycles. The number of nitrogens with zero attached hydrogens (tertiary/aromatic N) is 5. The Hall–Kier alpha value is -3.28. The first-order chi connectivity index (χ1) is 14.5. The second kappa shape index (κ2) is 9.96. The summed E-state index contributed by atoms with van der Waals surface area (Å²) in [7, 11) is 3.65. The molecule has 0 bridgehead atoms. The lowest BCUT2D eigenvalue weighted by molar-refractivity contribution is 0.614. The molecule has 30 heavy (non-hydrogen) atoms. The third-order valence-corrected chi connectivity index (χ3v) is 5.00. The SMILES string of the molecule is CCCCCc1ccc(-c2ccc(-c3ccnc(/N=C(/N)N(C)C)n3)c(C)n2)cc1. The zero-order valence-electron chi connectivity index (χ0n) is 18.3. The van der Waals surface area contributed by atoms with Gasteiger partial charge in [-0.3, -0.25) is 4.98 Å². The van der Waals surface area contributed by atoms with E-state index >= 15 is 0 Å². The molecule has 0 radical (unpaired) electrons. The second-order valence-electron chi connectivity index (χ2n) is 7.59. The summed E-state index contributed by atoms with van der Waals surface area (Å²) in [5, 5.41) is 0. The van der Waals surface area contributed by atoms with E-state index in [1.54, 1.807) is 11.1 Å². The summed E-state index contributed by atoms with van der Waals surface area (Å²) >= 11 is 0. The Morgan fingerprint density at radius 2 is 1.73 bits per heavy atom. The van der Waals surface area contributed by atoms with Gasteiger partial charge < -0.3 is 10.6 Å². The lowest BCUT2D eigenvalue weighted by atomic mass is 10.0. The highest BCUT2D eigenvalue weighted by Gasteiger charge is 2.09. The first-order valence-electron chi connectivity index (χ1n) is 10.4. The minimum absolute atomic E-state index is 0.334. The quantitative estimate of drug-likeness (QED) is 0.350. The fraction of sp³-hybridized carbons (Fsp3) is 0.333. The molecular weight excluding hydrogens is 372 g/mol. The standard InChI is InChI=1S/C24H30N6/c1-5-6-7-8-18-9-11-19(12-10-18)21-14-13-20(17(2)27-21)22-15-16-26-24(28-22)29-23(25)30(3)4/h9-16H,5-8H2,1-4H3,(H2,25,26,28,29). The van der Waals surface area contributed by atoms with Gasteiger partial charge >= 0.3 is 0 Å². The molecule has 0 unspecified atom stereocenters. The highest BCUT2D eigenvalue weighted by atomic mass is 15.2. The topological polar surface area (TPSA) is 80.3 Å². The Labute approximate surface area is 178 Å². The van der Waals surface area contributed by atoms with Gasteiger partial charge in [0.25, 0.3) is 5.95 Å². The predicted octanol–water partition coefficient (Wildman–Crippen LogP) is 4.75. The lowest BCUT2D eigenvalue weighted by Crippen LogP contribution is -2.30.